The molecular formula is C16H24N2O2. The third-order valence-electron chi connectivity index (χ3n) is 3.29. The third-order valence-corrected chi connectivity index (χ3v) is 3.29. The molecule has 0 saturated heterocycles. The van der Waals surface area contributed by atoms with Crippen molar-refractivity contribution in [3.05, 3.63) is 29.3 Å². The van der Waals surface area contributed by atoms with Gasteiger partial charge in [0.05, 0.1) is 0 Å². The van der Waals surface area contributed by atoms with Crippen molar-refractivity contribution in [1.29, 1.82) is 0 Å². The molecule has 0 heterocycles. The highest BCUT2D eigenvalue weighted by Gasteiger charge is 2.11. The van der Waals surface area contributed by atoms with Crippen LogP contribution in [0.2, 0.25) is 0 Å². The van der Waals surface area contributed by atoms with Crippen LogP contribution in [0, 0.1) is 13.8 Å². The van der Waals surface area contributed by atoms with Gasteiger partial charge in [-0.2, -0.15) is 0 Å². The fraction of sp³-hybridized carbons (Fsp3) is 0.500. The SMILES string of the molecule is CCCN(CCC(=O)Nc1c(C)cccc1C)C(C)=O. The average molecular weight is 276 g/mol. The van der Waals surface area contributed by atoms with E-state index in [0.29, 0.717) is 19.5 Å². The molecule has 0 saturated carbocycles. The van der Waals surface area contributed by atoms with Crippen molar-refractivity contribution in [1.82, 2.24) is 4.90 Å². The molecule has 0 aromatic heterocycles. The van der Waals surface area contributed by atoms with Gasteiger partial charge in [0.25, 0.3) is 0 Å². The number of amides is 2. The normalized spacial score (nSPS) is 10.2. The number of carbonyl (C=O) groups is 2. The van der Waals surface area contributed by atoms with E-state index in [1.807, 2.05) is 39.0 Å². The molecular weight excluding hydrogens is 252 g/mol. The average Bonchev–Trinajstić information content (AvgIpc) is 2.38. The summed E-state index contributed by atoms with van der Waals surface area (Å²) in [6.07, 6.45) is 1.23. The van der Waals surface area contributed by atoms with Crippen LogP contribution in [-0.4, -0.2) is 29.8 Å². The van der Waals surface area contributed by atoms with Crippen LogP contribution in [0.3, 0.4) is 0 Å². The molecule has 0 aliphatic carbocycles. The number of carbonyl (C=O) groups excluding carboxylic acids is 2. The van der Waals surface area contributed by atoms with E-state index in [-0.39, 0.29) is 11.8 Å². The Morgan fingerprint density at radius 3 is 2.25 bits per heavy atom. The molecule has 0 unspecified atom stereocenters. The first-order valence-corrected chi connectivity index (χ1v) is 7.07. The van der Waals surface area contributed by atoms with Gasteiger partial charge in [0.2, 0.25) is 11.8 Å². The number of hydrogen-bond acceptors (Lipinski definition) is 2. The molecule has 0 spiro atoms. The van der Waals surface area contributed by atoms with Gasteiger partial charge in [0.1, 0.15) is 0 Å². The lowest BCUT2D eigenvalue weighted by Crippen LogP contribution is -2.32. The van der Waals surface area contributed by atoms with E-state index in [1.54, 1.807) is 11.8 Å². The van der Waals surface area contributed by atoms with Gasteiger partial charge in [-0.25, -0.2) is 0 Å². The molecule has 4 nitrogen and oxygen atoms in total. The van der Waals surface area contributed by atoms with E-state index in [0.717, 1.165) is 23.2 Å². The Balaban J connectivity index is 2.58. The van der Waals surface area contributed by atoms with Gasteiger partial charge in [-0.05, 0) is 31.4 Å². The monoisotopic (exact) mass is 276 g/mol. The lowest BCUT2D eigenvalue weighted by molar-refractivity contribution is -0.129. The van der Waals surface area contributed by atoms with E-state index >= 15 is 0 Å². The van der Waals surface area contributed by atoms with E-state index in [2.05, 4.69) is 5.32 Å². The van der Waals surface area contributed by atoms with Crippen LogP contribution in [-0.2, 0) is 9.59 Å². The highest BCUT2D eigenvalue weighted by Crippen LogP contribution is 2.19. The quantitative estimate of drug-likeness (QED) is 0.868. The molecule has 0 fully saturated rings. The number of nitrogens with one attached hydrogen (secondary N) is 1. The highest BCUT2D eigenvalue weighted by atomic mass is 16.2. The molecule has 0 aliphatic rings. The summed E-state index contributed by atoms with van der Waals surface area (Å²) >= 11 is 0. The van der Waals surface area contributed by atoms with Gasteiger partial charge in [-0.15, -0.1) is 0 Å². The lowest BCUT2D eigenvalue weighted by Gasteiger charge is -2.20. The van der Waals surface area contributed by atoms with Gasteiger partial charge in [-0.1, -0.05) is 25.1 Å². The van der Waals surface area contributed by atoms with Crippen LogP contribution in [0.25, 0.3) is 0 Å². The van der Waals surface area contributed by atoms with Gasteiger partial charge in [0.15, 0.2) is 0 Å². The Bertz CT molecular complexity index is 463. The van der Waals surface area contributed by atoms with Crippen molar-refractivity contribution in [2.75, 3.05) is 18.4 Å². The predicted molar refractivity (Wildman–Crippen MR) is 81.7 cm³/mol. The third kappa shape index (κ3) is 4.68. The largest absolute Gasteiger partial charge is 0.342 e. The second-order valence-corrected chi connectivity index (χ2v) is 5.07. The maximum absolute atomic E-state index is 12.0. The summed E-state index contributed by atoms with van der Waals surface area (Å²) < 4.78 is 0. The molecule has 110 valence electrons. The standard InChI is InChI=1S/C16H24N2O2/c1-5-10-18(14(4)19)11-9-15(20)17-16-12(2)7-6-8-13(16)3/h6-8H,5,9-11H2,1-4H3,(H,17,20). The van der Waals surface area contributed by atoms with Gasteiger partial charge in [-0.3, -0.25) is 9.59 Å². The minimum Gasteiger partial charge on any atom is -0.342 e. The number of aryl methyl sites for hydroxylation is 2. The minimum atomic E-state index is -0.0512. The molecule has 0 atom stereocenters. The summed E-state index contributed by atoms with van der Waals surface area (Å²) in [7, 11) is 0. The van der Waals surface area contributed by atoms with Gasteiger partial charge in [0, 0.05) is 32.1 Å². The first kappa shape index (κ1) is 16.2. The van der Waals surface area contributed by atoms with Crippen molar-refractivity contribution in [3.63, 3.8) is 0 Å². The Morgan fingerprint density at radius 1 is 1.15 bits per heavy atom. The van der Waals surface area contributed by atoms with E-state index < -0.39 is 0 Å². The molecule has 1 rings (SSSR count). The lowest BCUT2D eigenvalue weighted by atomic mass is 10.1. The maximum atomic E-state index is 12.0. The first-order valence-electron chi connectivity index (χ1n) is 7.07. The molecule has 0 radical (unpaired) electrons. The Hall–Kier alpha value is -1.84. The summed E-state index contributed by atoms with van der Waals surface area (Å²) in [4.78, 5) is 25.1. The number of anilines is 1. The molecule has 1 aromatic carbocycles. The van der Waals surface area contributed by atoms with Crippen LogP contribution in [0.5, 0.6) is 0 Å². The number of nitrogens with zero attached hydrogens (tertiary/aromatic N) is 1. The van der Waals surface area contributed by atoms with Crippen LogP contribution >= 0.6 is 0 Å². The Morgan fingerprint density at radius 2 is 1.75 bits per heavy atom. The molecule has 20 heavy (non-hydrogen) atoms. The summed E-state index contributed by atoms with van der Waals surface area (Å²) in [5.41, 5.74) is 2.98. The summed E-state index contributed by atoms with van der Waals surface area (Å²) in [6.45, 7) is 8.68. The molecule has 0 aliphatic heterocycles. The molecule has 1 aromatic rings. The number of hydrogen-bond donors (Lipinski definition) is 1. The second kappa shape index (κ2) is 7.68. The second-order valence-electron chi connectivity index (χ2n) is 5.07. The number of benzene rings is 1. The van der Waals surface area contributed by atoms with E-state index in [1.165, 1.54) is 0 Å². The van der Waals surface area contributed by atoms with Crippen molar-refractivity contribution in [3.8, 4) is 0 Å². The molecule has 4 heteroatoms. The zero-order chi connectivity index (χ0) is 15.1. The molecule has 0 bridgehead atoms. The van der Waals surface area contributed by atoms with Crippen molar-refractivity contribution < 1.29 is 9.59 Å². The Labute approximate surface area is 121 Å². The summed E-state index contributed by atoms with van der Waals surface area (Å²) in [5, 5.41) is 2.94. The highest BCUT2D eigenvalue weighted by molar-refractivity contribution is 5.92. The number of rotatable bonds is 6. The topological polar surface area (TPSA) is 49.4 Å². The fourth-order valence-corrected chi connectivity index (χ4v) is 2.15. The van der Waals surface area contributed by atoms with Crippen molar-refractivity contribution in [2.24, 2.45) is 0 Å². The zero-order valence-electron chi connectivity index (χ0n) is 12.8. The minimum absolute atomic E-state index is 0.0201. The van der Waals surface area contributed by atoms with Crippen LogP contribution in [0.1, 0.15) is 37.8 Å². The maximum Gasteiger partial charge on any atom is 0.226 e. The smallest absolute Gasteiger partial charge is 0.226 e. The van der Waals surface area contributed by atoms with Crippen LogP contribution in [0.15, 0.2) is 18.2 Å². The Kier molecular flexibility index (Phi) is 6.22. The number of para-hydroxylation sites is 1. The van der Waals surface area contributed by atoms with Crippen molar-refractivity contribution >= 4 is 17.5 Å². The summed E-state index contributed by atoms with van der Waals surface area (Å²) in [5.74, 6) is -0.0310. The molecule has 1 N–H and O–H groups in total. The van der Waals surface area contributed by atoms with Crippen LogP contribution < -0.4 is 5.32 Å². The zero-order valence-corrected chi connectivity index (χ0v) is 12.8. The predicted octanol–water partition coefficient (Wildman–Crippen LogP) is 2.89. The van der Waals surface area contributed by atoms with Gasteiger partial charge < -0.3 is 10.2 Å². The van der Waals surface area contributed by atoms with E-state index in [4.69, 9.17) is 0 Å². The first-order chi connectivity index (χ1) is 9.45. The van der Waals surface area contributed by atoms with Crippen molar-refractivity contribution in [2.45, 2.75) is 40.5 Å². The summed E-state index contributed by atoms with van der Waals surface area (Å²) in [6, 6.07) is 5.92. The van der Waals surface area contributed by atoms with E-state index in [9.17, 15) is 9.59 Å². The fourth-order valence-electron chi connectivity index (χ4n) is 2.15. The van der Waals surface area contributed by atoms with Crippen LogP contribution in [0.4, 0.5) is 5.69 Å². The van der Waals surface area contributed by atoms with Gasteiger partial charge >= 0.3 is 0 Å². The molecule has 2 amide bonds.